The SMILES string of the molecule is N#Cc1cnc(N2CCCCC2)nc1CC(=O)CS. The van der Waals surface area contributed by atoms with Crippen molar-refractivity contribution in [2.45, 2.75) is 25.7 Å². The standard InChI is InChI=1S/C13H16N4OS/c14-7-10-8-15-13(17-4-2-1-3-5-17)16-12(10)6-11(18)9-19/h8,19H,1-6,9H2. The molecule has 0 radical (unpaired) electrons. The van der Waals surface area contributed by atoms with Crippen LogP contribution in [0.2, 0.25) is 0 Å². The first-order chi connectivity index (χ1) is 9.24. The van der Waals surface area contributed by atoms with Crippen molar-refractivity contribution in [2.24, 2.45) is 0 Å². The van der Waals surface area contributed by atoms with Gasteiger partial charge in [-0.25, -0.2) is 9.97 Å². The number of carbonyl (C=O) groups is 1. The highest BCUT2D eigenvalue weighted by molar-refractivity contribution is 7.81. The molecule has 0 spiro atoms. The van der Waals surface area contributed by atoms with Crippen molar-refractivity contribution in [1.29, 1.82) is 5.26 Å². The van der Waals surface area contributed by atoms with E-state index in [4.69, 9.17) is 5.26 Å². The van der Waals surface area contributed by atoms with Gasteiger partial charge in [0.1, 0.15) is 11.9 Å². The molecule has 1 fully saturated rings. The first kappa shape index (κ1) is 13.8. The maximum absolute atomic E-state index is 11.5. The van der Waals surface area contributed by atoms with Crippen LogP contribution in [0.1, 0.15) is 30.5 Å². The lowest BCUT2D eigenvalue weighted by atomic mass is 10.1. The minimum absolute atomic E-state index is 0.0388. The first-order valence-corrected chi connectivity index (χ1v) is 7.01. The first-order valence-electron chi connectivity index (χ1n) is 6.38. The van der Waals surface area contributed by atoms with Gasteiger partial charge in [-0.1, -0.05) is 0 Å². The second-order valence-corrected chi connectivity index (χ2v) is 4.88. The van der Waals surface area contributed by atoms with E-state index in [9.17, 15) is 4.79 Å². The summed E-state index contributed by atoms with van der Waals surface area (Å²) >= 11 is 3.95. The number of hydrogen-bond acceptors (Lipinski definition) is 6. The highest BCUT2D eigenvalue weighted by Gasteiger charge is 2.16. The van der Waals surface area contributed by atoms with Gasteiger partial charge in [0, 0.05) is 18.8 Å². The van der Waals surface area contributed by atoms with E-state index in [2.05, 4.69) is 27.5 Å². The molecule has 6 heteroatoms. The maximum Gasteiger partial charge on any atom is 0.225 e. The highest BCUT2D eigenvalue weighted by atomic mass is 32.1. The number of rotatable bonds is 4. The Hall–Kier alpha value is -1.61. The smallest absolute Gasteiger partial charge is 0.225 e. The van der Waals surface area contributed by atoms with E-state index in [0.29, 0.717) is 17.2 Å². The van der Waals surface area contributed by atoms with E-state index >= 15 is 0 Å². The quantitative estimate of drug-likeness (QED) is 0.841. The van der Waals surface area contributed by atoms with E-state index in [0.717, 1.165) is 25.9 Å². The zero-order valence-electron chi connectivity index (χ0n) is 10.7. The van der Waals surface area contributed by atoms with Gasteiger partial charge in [0.15, 0.2) is 0 Å². The van der Waals surface area contributed by atoms with Crippen molar-refractivity contribution in [1.82, 2.24) is 9.97 Å². The number of hydrogen-bond donors (Lipinski definition) is 1. The van der Waals surface area contributed by atoms with E-state index in [1.807, 2.05) is 6.07 Å². The average molecular weight is 276 g/mol. The molecule has 2 heterocycles. The second kappa shape index (κ2) is 6.53. The molecule has 100 valence electrons. The van der Waals surface area contributed by atoms with Crippen LogP contribution < -0.4 is 4.90 Å². The molecule has 1 saturated heterocycles. The van der Waals surface area contributed by atoms with Crippen LogP contribution in [0.5, 0.6) is 0 Å². The molecule has 1 aromatic heterocycles. The Morgan fingerprint density at radius 2 is 2.16 bits per heavy atom. The van der Waals surface area contributed by atoms with Crippen LogP contribution in [0.3, 0.4) is 0 Å². The zero-order valence-corrected chi connectivity index (χ0v) is 11.6. The van der Waals surface area contributed by atoms with Crippen molar-refractivity contribution >= 4 is 24.4 Å². The van der Waals surface area contributed by atoms with E-state index in [-0.39, 0.29) is 18.0 Å². The average Bonchev–Trinajstić information content (AvgIpc) is 2.48. The van der Waals surface area contributed by atoms with Crippen LogP contribution in [0.25, 0.3) is 0 Å². The van der Waals surface area contributed by atoms with Gasteiger partial charge in [-0.3, -0.25) is 4.79 Å². The van der Waals surface area contributed by atoms with Crippen LogP contribution in [0, 0.1) is 11.3 Å². The Morgan fingerprint density at radius 3 is 2.79 bits per heavy atom. The third kappa shape index (κ3) is 3.44. The minimum Gasteiger partial charge on any atom is -0.341 e. The summed E-state index contributed by atoms with van der Waals surface area (Å²) < 4.78 is 0. The number of nitriles is 1. The number of anilines is 1. The maximum atomic E-state index is 11.5. The molecule has 0 amide bonds. The van der Waals surface area contributed by atoms with Gasteiger partial charge in [-0.15, -0.1) is 0 Å². The van der Waals surface area contributed by atoms with E-state index < -0.39 is 0 Å². The molecular weight excluding hydrogens is 260 g/mol. The molecule has 0 saturated carbocycles. The molecule has 19 heavy (non-hydrogen) atoms. The molecule has 0 N–H and O–H groups in total. The van der Waals surface area contributed by atoms with E-state index in [1.165, 1.54) is 12.6 Å². The third-order valence-electron chi connectivity index (χ3n) is 3.16. The van der Waals surface area contributed by atoms with Gasteiger partial charge in [0.05, 0.1) is 23.9 Å². The Kier molecular flexibility index (Phi) is 4.74. The molecule has 0 aromatic carbocycles. The lowest BCUT2D eigenvalue weighted by molar-refractivity contribution is -0.116. The zero-order chi connectivity index (χ0) is 13.7. The summed E-state index contributed by atoms with van der Waals surface area (Å²) in [5.41, 5.74) is 0.882. The summed E-state index contributed by atoms with van der Waals surface area (Å²) in [5, 5.41) is 9.03. The second-order valence-electron chi connectivity index (χ2n) is 4.56. The molecule has 0 aliphatic carbocycles. The highest BCUT2D eigenvalue weighted by Crippen LogP contribution is 2.17. The summed E-state index contributed by atoms with van der Waals surface area (Å²) in [4.78, 5) is 22.2. The molecule has 5 nitrogen and oxygen atoms in total. The third-order valence-corrected chi connectivity index (χ3v) is 3.51. The number of piperidine rings is 1. The van der Waals surface area contributed by atoms with Crippen molar-refractivity contribution in [2.75, 3.05) is 23.7 Å². The fraction of sp³-hybridized carbons (Fsp3) is 0.538. The number of nitrogens with zero attached hydrogens (tertiary/aromatic N) is 4. The molecular formula is C13H16N4OS. The number of thiol groups is 1. The lowest BCUT2D eigenvalue weighted by Gasteiger charge is -2.26. The molecule has 1 aliphatic heterocycles. The molecule has 0 unspecified atom stereocenters. The van der Waals surface area contributed by atoms with Crippen LogP contribution in [0.15, 0.2) is 6.20 Å². The molecule has 1 aliphatic rings. The fourth-order valence-electron chi connectivity index (χ4n) is 2.12. The molecule has 2 rings (SSSR count). The van der Waals surface area contributed by atoms with Crippen molar-refractivity contribution in [3.63, 3.8) is 0 Å². The lowest BCUT2D eigenvalue weighted by Crippen LogP contribution is -2.31. The van der Waals surface area contributed by atoms with Crippen LogP contribution >= 0.6 is 12.6 Å². The number of aromatic nitrogens is 2. The molecule has 0 bridgehead atoms. The number of ketones is 1. The molecule has 1 aromatic rings. The van der Waals surface area contributed by atoms with Gasteiger partial charge in [-0.2, -0.15) is 17.9 Å². The number of Topliss-reactive ketones (excluding diaryl/α,β-unsaturated/α-hetero) is 1. The predicted octanol–water partition coefficient (Wildman–Crippen LogP) is 1.38. The Balaban J connectivity index is 2.24. The summed E-state index contributed by atoms with van der Waals surface area (Å²) in [6.07, 6.45) is 5.16. The normalized spacial score (nSPS) is 15.1. The topological polar surface area (TPSA) is 69.9 Å². The van der Waals surface area contributed by atoms with Crippen LogP contribution in [0.4, 0.5) is 5.95 Å². The van der Waals surface area contributed by atoms with Gasteiger partial charge in [0.2, 0.25) is 5.95 Å². The Labute approximate surface area is 118 Å². The van der Waals surface area contributed by atoms with E-state index in [1.54, 1.807) is 0 Å². The van der Waals surface area contributed by atoms with Crippen molar-refractivity contribution < 1.29 is 4.79 Å². The van der Waals surface area contributed by atoms with Gasteiger partial charge in [0.25, 0.3) is 0 Å². The summed E-state index contributed by atoms with van der Waals surface area (Å²) in [5.74, 6) is 0.747. The molecule has 0 atom stereocenters. The van der Waals surface area contributed by atoms with Crippen molar-refractivity contribution in [3.8, 4) is 6.07 Å². The number of carbonyl (C=O) groups excluding carboxylic acids is 1. The van der Waals surface area contributed by atoms with Crippen molar-refractivity contribution in [3.05, 3.63) is 17.5 Å². The monoisotopic (exact) mass is 276 g/mol. The largest absolute Gasteiger partial charge is 0.341 e. The fourth-order valence-corrected chi connectivity index (χ4v) is 2.24. The van der Waals surface area contributed by atoms with Gasteiger partial charge in [-0.05, 0) is 19.3 Å². The predicted molar refractivity (Wildman–Crippen MR) is 75.4 cm³/mol. The van der Waals surface area contributed by atoms with Gasteiger partial charge >= 0.3 is 0 Å². The summed E-state index contributed by atoms with van der Waals surface area (Å²) in [7, 11) is 0. The Bertz CT molecular complexity index is 506. The minimum atomic E-state index is -0.0388. The summed E-state index contributed by atoms with van der Waals surface area (Å²) in [6, 6.07) is 2.03. The van der Waals surface area contributed by atoms with Gasteiger partial charge < -0.3 is 4.90 Å². The summed E-state index contributed by atoms with van der Waals surface area (Å²) in [6.45, 7) is 1.87. The van der Waals surface area contributed by atoms with Crippen LogP contribution in [-0.2, 0) is 11.2 Å². The van der Waals surface area contributed by atoms with Crippen LogP contribution in [-0.4, -0.2) is 34.6 Å². The Morgan fingerprint density at radius 1 is 1.42 bits per heavy atom.